The van der Waals surface area contributed by atoms with E-state index in [0.717, 1.165) is 9.80 Å². The second-order valence-corrected chi connectivity index (χ2v) is 5.22. The molecular formula is C10H24N4O12S. The summed E-state index contributed by atoms with van der Waals surface area (Å²) < 4.78 is 34.1. The standard InChI is InChI=1S/C10H16N2O8.2H3N.H2O4S/c13-7(14)3-11(4-8(15)16)1-2-12(5-9(17)18)6-10(19)20;;;1-5(2,3)4/h1-6H2,(H,13,14)(H,15,16)(H,17,18)(H,19,20);2*1H3;(H2,1,2,3,4). The molecule has 0 saturated heterocycles. The molecule has 0 aliphatic heterocycles. The lowest BCUT2D eigenvalue weighted by Gasteiger charge is -2.23. The van der Waals surface area contributed by atoms with E-state index in [1.54, 1.807) is 0 Å². The van der Waals surface area contributed by atoms with Crippen LogP contribution in [0.15, 0.2) is 0 Å². The molecule has 0 saturated carbocycles. The summed E-state index contributed by atoms with van der Waals surface area (Å²) in [7, 11) is -5.17. The zero-order valence-electron chi connectivity index (χ0n) is 14.6. The van der Waals surface area contributed by atoms with Crippen LogP contribution in [-0.2, 0) is 29.6 Å². The number of nitrogens with zero attached hydrogens (tertiary/aromatic N) is 2. The third kappa shape index (κ3) is 31.8. The first-order valence-electron chi connectivity index (χ1n) is 6.19. The highest BCUT2D eigenvalue weighted by atomic mass is 32.3. The van der Waals surface area contributed by atoms with Crippen molar-refractivity contribution in [1.29, 1.82) is 0 Å². The van der Waals surface area contributed by atoms with Gasteiger partial charge in [0.25, 0.3) is 0 Å². The Bertz CT molecular complexity index is 505. The summed E-state index contributed by atoms with van der Waals surface area (Å²) in [5, 5.41) is 34.5. The Morgan fingerprint density at radius 3 is 0.889 bits per heavy atom. The minimum absolute atomic E-state index is 0. The summed E-state index contributed by atoms with van der Waals surface area (Å²) in [6.45, 7) is -2.25. The first-order valence-corrected chi connectivity index (χ1v) is 7.52. The van der Waals surface area contributed by atoms with Crippen LogP contribution in [0.5, 0.6) is 0 Å². The molecule has 162 valence electrons. The van der Waals surface area contributed by atoms with Crippen LogP contribution in [0.1, 0.15) is 0 Å². The van der Waals surface area contributed by atoms with E-state index in [0.29, 0.717) is 0 Å². The van der Waals surface area contributed by atoms with Gasteiger partial charge in [0.05, 0.1) is 26.2 Å². The third-order valence-corrected chi connectivity index (χ3v) is 2.17. The van der Waals surface area contributed by atoms with Gasteiger partial charge in [0.15, 0.2) is 0 Å². The van der Waals surface area contributed by atoms with Crippen LogP contribution in [-0.4, -0.2) is 111 Å². The number of carboxylic acids is 4. The van der Waals surface area contributed by atoms with Gasteiger partial charge >= 0.3 is 23.9 Å². The minimum Gasteiger partial charge on any atom is -0.759 e. The van der Waals surface area contributed by atoms with Gasteiger partial charge in [-0.2, -0.15) is 0 Å². The average Bonchev–Trinajstić information content (AvgIpc) is 2.30. The summed E-state index contributed by atoms with van der Waals surface area (Å²) >= 11 is 0. The van der Waals surface area contributed by atoms with Crippen LogP contribution in [0.4, 0.5) is 0 Å². The first kappa shape index (κ1) is 32.3. The van der Waals surface area contributed by atoms with Gasteiger partial charge in [0, 0.05) is 23.5 Å². The van der Waals surface area contributed by atoms with Crippen molar-refractivity contribution >= 4 is 34.3 Å². The number of aliphatic carboxylic acids is 4. The monoisotopic (exact) mass is 424 g/mol. The molecule has 0 amide bonds. The lowest BCUT2D eigenvalue weighted by atomic mass is 10.4. The van der Waals surface area contributed by atoms with Gasteiger partial charge in [0.2, 0.25) is 0 Å². The molecule has 0 aromatic heterocycles. The Labute approximate surface area is 153 Å². The van der Waals surface area contributed by atoms with Crippen LogP contribution in [0.2, 0.25) is 0 Å². The number of carbonyl (C=O) groups is 4. The SMILES string of the molecule is O=C(O)CN(CCN(CC(=O)O)CC(=O)O)CC(=O)O.O=S(=O)([O-])[O-].[NH4+].[NH4+]. The second-order valence-electron chi connectivity index (χ2n) is 4.40. The van der Waals surface area contributed by atoms with Crippen molar-refractivity contribution in [2.24, 2.45) is 0 Å². The minimum atomic E-state index is -5.17. The predicted molar refractivity (Wildman–Crippen MR) is 85.9 cm³/mol. The highest BCUT2D eigenvalue weighted by Gasteiger charge is 2.17. The van der Waals surface area contributed by atoms with E-state index in [1.807, 2.05) is 0 Å². The predicted octanol–water partition coefficient (Wildman–Crippen LogP) is -2.66. The number of hydrogen-bond donors (Lipinski definition) is 6. The molecule has 16 nitrogen and oxygen atoms in total. The van der Waals surface area contributed by atoms with Crippen LogP contribution < -0.4 is 12.3 Å². The van der Waals surface area contributed by atoms with Crippen molar-refractivity contribution in [3.63, 3.8) is 0 Å². The quantitative estimate of drug-likeness (QED) is 0.146. The molecule has 0 aromatic rings. The Kier molecular flexibility index (Phi) is 18.9. The Morgan fingerprint density at radius 1 is 0.630 bits per heavy atom. The van der Waals surface area contributed by atoms with Gasteiger partial charge < -0.3 is 41.8 Å². The van der Waals surface area contributed by atoms with Crippen molar-refractivity contribution in [2.75, 3.05) is 39.3 Å². The molecule has 0 radical (unpaired) electrons. The number of carboxylic acid groups (broad SMARTS) is 4. The van der Waals surface area contributed by atoms with Crippen LogP contribution >= 0.6 is 0 Å². The smallest absolute Gasteiger partial charge is 0.317 e. The van der Waals surface area contributed by atoms with E-state index in [9.17, 15) is 19.2 Å². The summed E-state index contributed by atoms with van der Waals surface area (Å²) in [5.74, 6) is -4.91. The van der Waals surface area contributed by atoms with Crippen molar-refractivity contribution < 1.29 is 57.1 Å². The summed E-state index contributed by atoms with van der Waals surface area (Å²) in [6, 6.07) is 0. The zero-order valence-corrected chi connectivity index (χ0v) is 15.4. The molecule has 0 spiro atoms. The fourth-order valence-corrected chi connectivity index (χ4v) is 1.48. The van der Waals surface area contributed by atoms with Gasteiger partial charge in [0.1, 0.15) is 0 Å². The fraction of sp³-hybridized carbons (Fsp3) is 0.600. The molecule has 0 fully saturated rings. The van der Waals surface area contributed by atoms with E-state index in [2.05, 4.69) is 0 Å². The molecule has 0 aliphatic carbocycles. The van der Waals surface area contributed by atoms with E-state index >= 15 is 0 Å². The highest BCUT2D eigenvalue weighted by Crippen LogP contribution is 1.94. The normalized spacial score (nSPS) is 10.1. The Balaban J connectivity index is -0.000000333. The lowest BCUT2D eigenvalue weighted by Crippen LogP contribution is -2.43. The molecule has 0 heterocycles. The van der Waals surface area contributed by atoms with Crippen LogP contribution in [0, 0.1) is 0 Å². The van der Waals surface area contributed by atoms with Crippen molar-refractivity contribution in [1.82, 2.24) is 22.1 Å². The molecule has 17 heteroatoms. The number of quaternary nitrogens is 2. The van der Waals surface area contributed by atoms with Gasteiger partial charge in [-0.15, -0.1) is 0 Å². The molecule has 27 heavy (non-hydrogen) atoms. The highest BCUT2D eigenvalue weighted by molar-refractivity contribution is 7.79. The number of hydrogen-bond acceptors (Lipinski definition) is 10. The Hall–Kier alpha value is -2.41. The number of rotatable bonds is 11. The van der Waals surface area contributed by atoms with Crippen molar-refractivity contribution in [2.45, 2.75) is 0 Å². The molecule has 0 unspecified atom stereocenters. The third-order valence-electron chi connectivity index (χ3n) is 2.17. The molecule has 0 rings (SSSR count). The van der Waals surface area contributed by atoms with Crippen molar-refractivity contribution in [3.05, 3.63) is 0 Å². The maximum absolute atomic E-state index is 10.6. The zero-order chi connectivity index (χ0) is 20.2. The lowest BCUT2D eigenvalue weighted by molar-refractivity contribution is -0.145. The fourth-order valence-electron chi connectivity index (χ4n) is 1.48. The van der Waals surface area contributed by atoms with E-state index in [4.69, 9.17) is 37.9 Å². The summed E-state index contributed by atoms with van der Waals surface area (Å²) in [4.78, 5) is 44.4. The Morgan fingerprint density at radius 2 is 0.778 bits per heavy atom. The van der Waals surface area contributed by atoms with E-state index < -0.39 is 60.5 Å². The largest absolute Gasteiger partial charge is 0.759 e. The topological polar surface area (TPSA) is 309 Å². The first-order chi connectivity index (χ1) is 11.2. The van der Waals surface area contributed by atoms with Gasteiger partial charge in [-0.05, 0) is 0 Å². The van der Waals surface area contributed by atoms with Crippen LogP contribution in [0.3, 0.4) is 0 Å². The van der Waals surface area contributed by atoms with E-state index in [1.165, 1.54) is 0 Å². The summed E-state index contributed by atoms with van der Waals surface area (Å²) in [6.07, 6.45) is 0. The maximum atomic E-state index is 10.6. The van der Waals surface area contributed by atoms with Gasteiger partial charge in [-0.25, -0.2) is 0 Å². The second kappa shape index (κ2) is 15.8. The van der Waals surface area contributed by atoms with E-state index in [-0.39, 0.29) is 25.4 Å². The van der Waals surface area contributed by atoms with Crippen molar-refractivity contribution in [3.8, 4) is 0 Å². The maximum Gasteiger partial charge on any atom is 0.317 e. The average molecular weight is 424 g/mol. The van der Waals surface area contributed by atoms with Gasteiger partial charge in [-0.3, -0.25) is 37.4 Å². The molecule has 0 bridgehead atoms. The molecule has 0 aromatic carbocycles. The molecular weight excluding hydrogens is 400 g/mol. The van der Waals surface area contributed by atoms with Crippen LogP contribution in [0.25, 0.3) is 0 Å². The molecule has 0 atom stereocenters. The van der Waals surface area contributed by atoms with Gasteiger partial charge in [-0.1, -0.05) is 0 Å². The molecule has 0 aliphatic rings. The molecule has 12 N–H and O–H groups in total. The summed E-state index contributed by atoms with van der Waals surface area (Å²) in [5.41, 5.74) is 0.